The second-order valence-corrected chi connectivity index (χ2v) is 6.15. The molecule has 0 aliphatic carbocycles. The minimum absolute atomic E-state index is 0.239. The number of rotatable bonds is 3. The first kappa shape index (κ1) is 15.7. The van der Waals surface area contributed by atoms with Crippen molar-refractivity contribution in [1.82, 2.24) is 9.78 Å². The second-order valence-electron chi connectivity index (χ2n) is 6.15. The second kappa shape index (κ2) is 6.59. The normalized spacial score (nSPS) is 13.7. The van der Waals surface area contributed by atoms with Gasteiger partial charge in [0.2, 0.25) is 0 Å². The monoisotopic (exact) mass is 337 g/mol. The van der Waals surface area contributed by atoms with E-state index < -0.39 is 0 Å². The van der Waals surface area contributed by atoms with Crippen LogP contribution in [0.15, 0.2) is 48.5 Å². The Labute approximate surface area is 146 Å². The molecule has 1 aromatic heterocycles. The molecule has 0 amide bonds. The first-order valence-electron chi connectivity index (χ1n) is 8.53. The fourth-order valence-electron chi connectivity index (χ4n) is 3.32. The van der Waals surface area contributed by atoms with E-state index in [2.05, 4.69) is 5.32 Å². The number of hydrogen-bond donors (Lipinski definition) is 1. The van der Waals surface area contributed by atoms with Crippen LogP contribution in [0.3, 0.4) is 0 Å². The molecule has 1 aliphatic rings. The van der Waals surface area contributed by atoms with Crippen LogP contribution in [0.4, 0.5) is 10.2 Å². The average molecular weight is 337 g/mol. The van der Waals surface area contributed by atoms with Crippen molar-refractivity contribution in [2.24, 2.45) is 0 Å². The zero-order valence-corrected chi connectivity index (χ0v) is 14.1. The lowest BCUT2D eigenvalue weighted by atomic mass is 10.0. The summed E-state index contributed by atoms with van der Waals surface area (Å²) in [7, 11) is 1.66. The summed E-state index contributed by atoms with van der Waals surface area (Å²) >= 11 is 0. The van der Waals surface area contributed by atoms with Crippen molar-refractivity contribution in [2.75, 3.05) is 19.0 Å². The number of para-hydroxylation sites is 2. The molecule has 1 N–H and O–H groups in total. The predicted octanol–water partition coefficient (Wildman–Crippen LogP) is 4.44. The Kier molecular flexibility index (Phi) is 4.14. The fourth-order valence-corrected chi connectivity index (χ4v) is 3.32. The molecule has 0 fully saturated rings. The summed E-state index contributed by atoms with van der Waals surface area (Å²) in [5.74, 6) is 1.53. The van der Waals surface area contributed by atoms with Crippen LogP contribution in [-0.2, 0) is 6.42 Å². The van der Waals surface area contributed by atoms with Crippen molar-refractivity contribution in [3.8, 4) is 22.7 Å². The summed E-state index contributed by atoms with van der Waals surface area (Å²) in [5.41, 5.74) is 3.89. The fraction of sp³-hybridized carbons (Fsp3) is 0.250. The Hall–Kier alpha value is -2.82. The van der Waals surface area contributed by atoms with Crippen LogP contribution in [-0.4, -0.2) is 23.4 Å². The third-order valence-electron chi connectivity index (χ3n) is 4.56. The summed E-state index contributed by atoms with van der Waals surface area (Å²) in [6.45, 7) is 0.913. The molecule has 3 aromatic rings. The highest BCUT2D eigenvalue weighted by molar-refractivity contribution is 5.72. The Balaban J connectivity index is 1.92. The molecular weight excluding hydrogens is 317 g/mol. The molecule has 0 spiro atoms. The van der Waals surface area contributed by atoms with E-state index in [0.29, 0.717) is 0 Å². The summed E-state index contributed by atoms with van der Waals surface area (Å²) in [5, 5.41) is 8.38. The molecule has 4 rings (SSSR count). The zero-order valence-electron chi connectivity index (χ0n) is 14.1. The van der Waals surface area contributed by atoms with Gasteiger partial charge in [0.15, 0.2) is 0 Å². The van der Waals surface area contributed by atoms with Gasteiger partial charge in [-0.25, -0.2) is 9.07 Å². The van der Waals surface area contributed by atoms with Crippen LogP contribution in [0.5, 0.6) is 5.75 Å². The van der Waals surface area contributed by atoms with Gasteiger partial charge in [-0.2, -0.15) is 5.10 Å². The van der Waals surface area contributed by atoms with Gasteiger partial charge in [-0.1, -0.05) is 12.1 Å². The molecule has 0 radical (unpaired) electrons. The van der Waals surface area contributed by atoms with Gasteiger partial charge in [-0.05, 0) is 55.7 Å². The molecule has 2 heterocycles. The highest BCUT2D eigenvalue weighted by atomic mass is 19.1. The minimum Gasteiger partial charge on any atom is -0.494 e. The van der Waals surface area contributed by atoms with Crippen molar-refractivity contribution in [3.63, 3.8) is 0 Å². The maximum absolute atomic E-state index is 13.3. The number of ether oxygens (including phenoxy) is 1. The van der Waals surface area contributed by atoms with Crippen LogP contribution in [0.1, 0.15) is 18.4 Å². The molecule has 1 aliphatic heterocycles. The summed E-state index contributed by atoms with van der Waals surface area (Å²) < 4.78 is 20.8. The number of aromatic nitrogens is 2. The topological polar surface area (TPSA) is 39.1 Å². The number of nitrogens with one attached hydrogen (secondary N) is 1. The Bertz CT molecular complexity index is 886. The van der Waals surface area contributed by atoms with Crippen LogP contribution >= 0.6 is 0 Å². The molecule has 0 atom stereocenters. The number of anilines is 1. The minimum atomic E-state index is -0.239. The quantitative estimate of drug-likeness (QED) is 0.768. The van der Waals surface area contributed by atoms with E-state index in [9.17, 15) is 4.39 Å². The SMILES string of the molecule is COc1ccccc1-n1nc(-c2ccc(F)cc2)c2c1NCCCC2. The maximum atomic E-state index is 13.3. The van der Waals surface area contributed by atoms with Gasteiger partial charge in [0, 0.05) is 17.7 Å². The highest BCUT2D eigenvalue weighted by Crippen LogP contribution is 2.36. The Morgan fingerprint density at radius 1 is 1.08 bits per heavy atom. The first-order valence-corrected chi connectivity index (χ1v) is 8.53. The molecule has 25 heavy (non-hydrogen) atoms. The van der Waals surface area contributed by atoms with E-state index in [1.165, 1.54) is 17.7 Å². The van der Waals surface area contributed by atoms with Crippen molar-refractivity contribution < 1.29 is 9.13 Å². The van der Waals surface area contributed by atoms with Crippen LogP contribution in [0, 0.1) is 5.82 Å². The van der Waals surface area contributed by atoms with Crippen molar-refractivity contribution in [3.05, 3.63) is 59.9 Å². The number of methoxy groups -OCH3 is 1. The van der Waals surface area contributed by atoms with E-state index in [4.69, 9.17) is 9.84 Å². The number of fused-ring (bicyclic) bond motifs is 1. The van der Waals surface area contributed by atoms with Crippen LogP contribution in [0.2, 0.25) is 0 Å². The van der Waals surface area contributed by atoms with Gasteiger partial charge in [0.05, 0.1) is 12.8 Å². The van der Waals surface area contributed by atoms with Gasteiger partial charge in [0.25, 0.3) is 0 Å². The number of benzene rings is 2. The molecule has 4 nitrogen and oxygen atoms in total. The van der Waals surface area contributed by atoms with Gasteiger partial charge in [-0.3, -0.25) is 0 Å². The van der Waals surface area contributed by atoms with Crippen LogP contribution < -0.4 is 10.1 Å². The lowest BCUT2D eigenvalue weighted by Gasteiger charge is -2.12. The molecule has 0 saturated carbocycles. The van der Waals surface area contributed by atoms with E-state index in [1.54, 1.807) is 19.2 Å². The van der Waals surface area contributed by atoms with E-state index in [0.717, 1.165) is 54.3 Å². The van der Waals surface area contributed by atoms with Gasteiger partial charge >= 0.3 is 0 Å². The number of nitrogens with zero attached hydrogens (tertiary/aromatic N) is 2. The number of halogens is 1. The third-order valence-corrected chi connectivity index (χ3v) is 4.56. The standard InChI is InChI=1S/C20H20FN3O/c1-25-18-8-3-2-7-17(18)24-20-16(6-4-5-13-22-20)19(23-24)14-9-11-15(21)12-10-14/h2-3,7-12,22H,4-6,13H2,1H3. The number of hydrogen-bond acceptors (Lipinski definition) is 3. The summed E-state index contributed by atoms with van der Waals surface area (Å²) in [6, 6.07) is 14.4. The molecule has 0 unspecified atom stereocenters. The highest BCUT2D eigenvalue weighted by Gasteiger charge is 2.22. The van der Waals surface area contributed by atoms with Crippen LogP contribution in [0.25, 0.3) is 16.9 Å². The average Bonchev–Trinajstić information content (AvgIpc) is 2.83. The molecule has 2 aromatic carbocycles. The molecule has 0 bridgehead atoms. The van der Waals surface area contributed by atoms with Crippen molar-refractivity contribution in [2.45, 2.75) is 19.3 Å². The van der Waals surface area contributed by atoms with Crippen molar-refractivity contribution in [1.29, 1.82) is 0 Å². The zero-order chi connectivity index (χ0) is 17.2. The molecule has 128 valence electrons. The molecular formula is C20H20FN3O. The molecule has 0 saturated heterocycles. The van der Waals surface area contributed by atoms with E-state index in [-0.39, 0.29) is 5.82 Å². The van der Waals surface area contributed by atoms with Gasteiger partial charge in [-0.15, -0.1) is 0 Å². The van der Waals surface area contributed by atoms with Gasteiger partial charge < -0.3 is 10.1 Å². The lowest BCUT2D eigenvalue weighted by Crippen LogP contribution is -2.08. The summed E-state index contributed by atoms with van der Waals surface area (Å²) in [6.07, 6.45) is 3.17. The smallest absolute Gasteiger partial charge is 0.144 e. The largest absolute Gasteiger partial charge is 0.494 e. The third kappa shape index (κ3) is 2.86. The van der Waals surface area contributed by atoms with Crippen molar-refractivity contribution >= 4 is 5.82 Å². The lowest BCUT2D eigenvalue weighted by molar-refractivity contribution is 0.412. The maximum Gasteiger partial charge on any atom is 0.144 e. The van der Waals surface area contributed by atoms with Gasteiger partial charge in [0.1, 0.15) is 23.1 Å². The van der Waals surface area contributed by atoms with E-state index in [1.807, 2.05) is 28.9 Å². The van der Waals surface area contributed by atoms with E-state index >= 15 is 0 Å². The summed E-state index contributed by atoms with van der Waals surface area (Å²) in [4.78, 5) is 0. The predicted molar refractivity (Wildman–Crippen MR) is 96.9 cm³/mol. The molecule has 5 heteroatoms. The Morgan fingerprint density at radius 3 is 2.68 bits per heavy atom. The first-order chi connectivity index (χ1) is 12.3. The Morgan fingerprint density at radius 2 is 1.88 bits per heavy atom.